The summed E-state index contributed by atoms with van der Waals surface area (Å²) >= 11 is 0. The van der Waals surface area contributed by atoms with Crippen molar-refractivity contribution in [3.63, 3.8) is 0 Å². The molecule has 0 saturated carbocycles. The van der Waals surface area contributed by atoms with Crippen LogP contribution in [0, 0.1) is 0 Å². The number of likely N-dealkylation sites (tertiary alicyclic amines) is 1. The highest BCUT2D eigenvalue weighted by molar-refractivity contribution is 5.92. The van der Waals surface area contributed by atoms with Crippen molar-refractivity contribution >= 4 is 11.8 Å². The van der Waals surface area contributed by atoms with Gasteiger partial charge in [-0.3, -0.25) is 14.6 Å². The van der Waals surface area contributed by atoms with E-state index in [0.29, 0.717) is 31.7 Å². The quantitative estimate of drug-likeness (QED) is 0.607. The van der Waals surface area contributed by atoms with Gasteiger partial charge in [-0.05, 0) is 32.4 Å². The molecule has 0 radical (unpaired) electrons. The van der Waals surface area contributed by atoms with Crippen LogP contribution in [-0.4, -0.2) is 70.9 Å². The molecule has 7 nitrogen and oxygen atoms in total. The van der Waals surface area contributed by atoms with Gasteiger partial charge in [-0.2, -0.15) is 0 Å². The Morgan fingerprint density at radius 1 is 1.19 bits per heavy atom. The average molecular weight is 361 g/mol. The number of nitrogens with one attached hydrogen (secondary N) is 1. The van der Waals surface area contributed by atoms with E-state index < -0.39 is 0 Å². The summed E-state index contributed by atoms with van der Waals surface area (Å²) in [6.45, 7) is 7.03. The first-order valence-corrected chi connectivity index (χ1v) is 9.75. The SMILES string of the molecule is CCCCCN(CCC(=O)NCCN1CCCC1)C(=O)c1cnccn1. The standard InChI is InChI=1S/C19H31N5O2/c1-2-3-4-13-24(19(26)17-16-20-8-9-21-17)14-7-18(25)22-10-15-23-11-5-6-12-23/h8-9,16H,2-7,10-15H2,1H3,(H,22,25). The molecule has 2 rings (SSSR count). The zero-order chi connectivity index (χ0) is 18.6. The fraction of sp³-hybridized carbons (Fsp3) is 0.684. The fourth-order valence-electron chi connectivity index (χ4n) is 3.12. The smallest absolute Gasteiger partial charge is 0.274 e. The van der Waals surface area contributed by atoms with E-state index in [1.54, 1.807) is 11.1 Å². The molecule has 0 spiro atoms. The van der Waals surface area contributed by atoms with Gasteiger partial charge in [-0.15, -0.1) is 0 Å². The molecule has 144 valence electrons. The van der Waals surface area contributed by atoms with Gasteiger partial charge >= 0.3 is 0 Å². The molecular weight excluding hydrogens is 330 g/mol. The zero-order valence-corrected chi connectivity index (χ0v) is 15.8. The maximum Gasteiger partial charge on any atom is 0.274 e. The van der Waals surface area contributed by atoms with E-state index in [4.69, 9.17) is 0 Å². The summed E-state index contributed by atoms with van der Waals surface area (Å²) in [6.07, 6.45) is 10.4. The normalized spacial score (nSPS) is 14.3. The van der Waals surface area contributed by atoms with E-state index in [1.165, 1.54) is 25.2 Å². The molecule has 26 heavy (non-hydrogen) atoms. The maximum absolute atomic E-state index is 12.6. The molecule has 1 aliphatic rings. The Morgan fingerprint density at radius 2 is 2.00 bits per heavy atom. The molecule has 0 atom stereocenters. The molecule has 0 aliphatic carbocycles. The number of carbonyl (C=O) groups is 2. The van der Waals surface area contributed by atoms with E-state index in [9.17, 15) is 9.59 Å². The van der Waals surface area contributed by atoms with E-state index in [-0.39, 0.29) is 11.8 Å². The minimum Gasteiger partial charge on any atom is -0.355 e. The molecule has 0 aromatic carbocycles. The van der Waals surface area contributed by atoms with E-state index >= 15 is 0 Å². The third-order valence-electron chi connectivity index (χ3n) is 4.66. The summed E-state index contributed by atoms with van der Waals surface area (Å²) in [4.78, 5) is 36.9. The van der Waals surface area contributed by atoms with Crippen LogP contribution in [0.15, 0.2) is 18.6 Å². The van der Waals surface area contributed by atoms with Gasteiger partial charge in [-0.1, -0.05) is 19.8 Å². The predicted octanol–water partition coefficient (Wildman–Crippen LogP) is 1.71. The number of aromatic nitrogens is 2. The Kier molecular flexibility index (Phi) is 9.03. The molecule has 1 aromatic rings. The van der Waals surface area contributed by atoms with Crippen molar-refractivity contribution in [3.05, 3.63) is 24.3 Å². The molecular formula is C19H31N5O2. The van der Waals surface area contributed by atoms with Crippen LogP contribution >= 0.6 is 0 Å². The molecule has 0 unspecified atom stereocenters. The van der Waals surface area contributed by atoms with Gasteiger partial charge in [0.1, 0.15) is 5.69 Å². The van der Waals surface area contributed by atoms with Crippen molar-refractivity contribution in [1.82, 2.24) is 25.1 Å². The van der Waals surface area contributed by atoms with Crippen LogP contribution in [0.3, 0.4) is 0 Å². The van der Waals surface area contributed by atoms with Gasteiger partial charge in [-0.25, -0.2) is 4.98 Å². The average Bonchev–Trinajstić information content (AvgIpc) is 3.18. The lowest BCUT2D eigenvalue weighted by Gasteiger charge is -2.22. The third kappa shape index (κ3) is 7.07. The van der Waals surface area contributed by atoms with Crippen molar-refractivity contribution in [3.8, 4) is 0 Å². The van der Waals surface area contributed by atoms with E-state index in [1.807, 2.05) is 0 Å². The summed E-state index contributed by atoms with van der Waals surface area (Å²) in [5.74, 6) is -0.157. The van der Waals surface area contributed by atoms with Crippen LogP contribution < -0.4 is 5.32 Å². The second-order valence-electron chi connectivity index (χ2n) is 6.74. The number of hydrogen-bond donors (Lipinski definition) is 1. The van der Waals surface area contributed by atoms with Crippen LogP contribution in [0.5, 0.6) is 0 Å². The number of unbranched alkanes of at least 4 members (excludes halogenated alkanes) is 2. The summed E-state index contributed by atoms with van der Waals surface area (Å²) in [5, 5.41) is 2.96. The van der Waals surface area contributed by atoms with Crippen LogP contribution in [0.2, 0.25) is 0 Å². The Labute approximate surface area is 156 Å². The molecule has 1 fully saturated rings. The monoisotopic (exact) mass is 361 g/mol. The number of rotatable bonds is 11. The Morgan fingerprint density at radius 3 is 2.69 bits per heavy atom. The lowest BCUT2D eigenvalue weighted by molar-refractivity contribution is -0.121. The van der Waals surface area contributed by atoms with Gasteiger partial charge < -0.3 is 15.1 Å². The number of hydrogen-bond acceptors (Lipinski definition) is 5. The molecule has 1 aliphatic heterocycles. The molecule has 2 amide bonds. The zero-order valence-electron chi connectivity index (χ0n) is 15.8. The third-order valence-corrected chi connectivity index (χ3v) is 4.66. The summed E-state index contributed by atoms with van der Waals surface area (Å²) in [6, 6.07) is 0. The summed E-state index contributed by atoms with van der Waals surface area (Å²) in [5.41, 5.74) is 0.332. The second-order valence-corrected chi connectivity index (χ2v) is 6.74. The predicted molar refractivity (Wildman–Crippen MR) is 101 cm³/mol. The summed E-state index contributed by atoms with van der Waals surface area (Å²) < 4.78 is 0. The Hall–Kier alpha value is -2.02. The maximum atomic E-state index is 12.6. The van der Waals surface area contributed by atoms with Crippen LogP contribution in [0.4, 0.5) is 0 Å². The first-order chi connectivity index (χ1) is 12.7. The lowest BCUT2D eigenvalue weighted by Crippen LogP contribution is -2.38. The fourth-order valence-corrected chi connectivity index (χ4v) is 3.12. The van der Waals surface area contributed by atoms with Gasteiger partial charge in [0, 0.05) is 45.0 Å². The second kappa shape index (κ2) is 11.6. The van der Waals surface area contributed by atoms with Crippen molar-refractivity contribution < 1.29 is 9.59 Å². The Bertz CT molecular complexity index is 546. The van der Waals surface area contributed by atoms with Gasteiger partial charge in [0.05, 0.1) is 6.20 Å². The highest BCUT2D eigenvalue weighted by atomic mass is 16.2. The number of amides is 2. The van der Waals surface area contributed by atoms with E-state index in [0.717, 1.165) is 38.9 Å². The molecule has 1 aromatic heterocycles. The molecule has 1 N–H and O–H groups in total. The number of carbonyl (C=O) groups excluding carboxylic acids is 2. The van der Waals surface area contributed by atoms with Crippen LogP contribution in [-0.2, 0) is 4.79 Å². The van der Waals surface area contributed by atoms with Crippen molar-refractivity contribution in [2.45, 2.75) is 45.4 Å². The highest BCUT2D eigenvalue weighted by Gasteiger charge is 2.18. The topological polar surface area (TPSA) is 78.4 Å². The first kappa shape index (κ1) is 20.3. The minimum atomic E-state index is -0.154. The minimum absolute atomic E-state index is 0.00312. The van der Waals surface area contributed by atoms with Gasteiger partial charge in [0.15, 0.2) is 0 Å². The van der Waals surface area contributed by atoms with Gasteiger partial charge in [0.2, 0.25) is 5.91 Å². The van der Waals surface area contributed by atoms with Crippen molar-refractivity contribution in [1.29, 1.82) is 0 Å². The largest absolute Gasteiger partial charge is 0.355 e. The van der Waals surface area contributed by atoms with Crippen molar-refractivity contribution in [2.75, 3.05) is 39.3 Å². The first-order valence-electron chi connectivity index (χ1n) is 9.75. The van der Waals surface area contributed by atoms with Crippen molar-refractivity contribution in [2.24, 2.45) is 0 Å². The molecule has 2 heterocycles. The Balaban J connectivity index is 1.77. The van der Waals surface area contributed by atoms with E-state index in [2.05, 4.69) is 27.1 Å². The molecule has 7 heteroatoms. The van der Waals surface area contributed by atoms with Gasteiger partial charge in [0.25, 0.3) is 5.91 Å². The highest BCUT2D eigenvalue weighted by Crippen LogP contribution is 2.06. The molecule has 0 bridgehead atoms. The summed E-state index contributed by atoms with van der Waals surface area (Å²) in [7, 11) is 0. The number of nitrogens with zero attached hydrogens (tertiary/aromatic N) is 4. The van der Waals surface area contributed by atoms with Crippen LogP contribution in [0.1, 0.15) is 55.9 Å². The lowest BCUT2D eigenvalue weighted by atomic mass is 10.2. The van der Waals surface area contributed by atoms with Crippen LogP contribution in [0.25, 0.3) is 0 Å². The molecule has 1 saturated heterocycles.